The topological polar surface area (TPSA) is 141 Å². The van der Waals surface area contributed by atoms with Gasteiger partial charge in [0.05, 0.1) is 6.61 Å². The van der Waals surface area contributed by atoms with Gasteiger partial charge in [-0.25, -0.2) is 10.4 Å². The van der Waals surface area contributed by atoms with E-state index in [0.29, 0.717) is 48.0 Å². The summed E-state index contributed by atoms with van der Waals surface area (Å²) in [5.41, 5.74) is 16.0. The number of aliphatic hydroxyl groups excluding tert-OH is 1. The Labute approximate surface area is 241 Å². The third-order valence-corrected chi connectivity index (χ3v) is 6.91. The SMILES string of the molecule is CCCNNC(=O)[C@@]1(Cc2ccccc2N=[N+]=[N-])N=C(c2ccc(OCCCO)cc2)O[C@H]1c1ccc(Br)cc1. The number of benzene rings is 3. The van der Waals surface area contributed by atoms with Crippen LogP contribution in [0.2, 0.25) is 0 Å². The van der Waals surface area contributed by atoms with Crippen LogP contribution in [0, 0.1) is 0 Å². The fourth-order valence-electron chi connectivity index (χ4n) is 4.39. The van der Waals surface area contributed by atoms with Crippen LogP contribution in [0.15, 0.2) is 87.4 Å². The first-order valence-corrected chi connectivity index (χ1v) is 13.8. The smallest absolute Gasteiger partial charge is 0.266 e. The molecule has 0 unspecified atom stereocenters. The van der Waals surface area contributed by atoms with Crippen molar-refractivity contribution in [1.29, 1.82) is 0 Å². The van der Waals surface area contributed by atoms with Gasteiger partial charge in [0.25, 0.3) is 5.91 Å². The van der Waals surface area contributed by atoms with Crippen molar-refractivity contribution in [3.63, 3.8) is 0 Å². The van der Waals surface area contributed by atoms with Crippen LogP contribution >= 0.6 is 15.9 Å². The Kier molecular flexibility index (Phi) is 10.2. The normalized spacial score (nSPS) is 17.9. The molecular formula is C29H31BrN6O4. The molecule has 10 nitrogen and oxygen atoms in total. The molecule has 4 rings (SSSR count). The van der Waals surface area contributed by atoms with Crippen molar-refractivity contribution in [2.75, 3.05) is 19.8 Å². The minimum absolute atomic E-state index is 0.0558. The maximum Gasteiger partial charge on any atom is 0.266 e. The van der Waals surface area contributed by atoms with E-state index in [1.54, 1.807) is 24.3 Å². The summed E-state index contributed by atoms with van der Waals surface area (Å²) >= 11 is 3.48. The molecule has 3 aromatic carbocycles. The second kappa shape index (κ2) is 14.0. The van der Waals surface area contributed by atoms with Crippen molar-refractivity contribution in [1.82, 2.24) is 10.9 Å². The average molecular weight is 608 g/mol. The molecule has 1 amide bonds. The predicted molar refractivity (Wildman–Crippen MR) is 156 cm³/mol. The number of hydrazine groups is 1. The van der Waals surface area contributed by atoms with Gasteiger partial charge in [0.15, 0.2) is 11.6 Å². The Bertz CT molecular complexity index is 1380. The summed E-state index contributed by atoms with van der Waals surface area (Å²) in [6.07, 6.45) is 0.696. The van der Waals surface area contributed by atoms with Crippen molar-refractivity contribution >= 4 is 33.4 Å². The Morgan fingerprint density at radius 1 is 1.18 bits per heavy atom. The molecule has 0 radical (unpaired) electrons. The first-order chi connectivity index (χ1) is 19.5. The summed E-state index contributed by atoms with van der Waals surface area (Å²) in [5.74, 6) is 0.585. The number of nitrogens with zero attached hydrogens (tertiary/aromatic N) is 4. The number of azide groups is 1. The zero-order valence-corrected chi connectivity index (χ0v) is 23.7. The van der Waals surface area contributed by atoms with Gasteiger partial charge in [-0.2, -0.15) is 0 Å². The number of halogens is 1. The fourth-order valence-corrected chi connectivity index (χ4v) is 4.66. The minimum atomic E-state index is -1.43. The predicted octanol–water partition coefficient (Wildman–Crippen LogP) is 5.68. The summed E-state index contributed by atoms with van der Waals surface area (Å²) in [6.45, 7) is 3.04. The van der Waals surface area contributed by atoms with Crippen LogP contribution in [-0.2, 0) is 16.0 Å². The molecule has 0 spiro atoms. The Morgan fingerprint density at radius 3 is 2.62 bits per heavy atom. The summed E-state index contributed by atoms with van der Waals surface area (Å²) in [6, 6.07) is 22.0. The number of rotatable bonds is 13. The summed E-state index contributed by atoms with van der Waals surface area (Å²) in [4.78, 5) is 22.0. The van der Waals surface area contributed by atoms with Gasteiger partial charge in [-0.15, -0.1) is 0 Å². The van der Waals surface area contributed by atoms with Crippen molar-refractivity contribution in [3.8, 4) is 5.75 Å². The number of aliphatic imine (C=N–C) groups is 1. The number of carbonyl (C=O) groups is 1. The summed E-state index contributed by atoms with van der Waals surface area (Å²) in [5, 5.41) is 12.9. The summed E-state index contributed by atoms with van der Waals surface area (Å²) in [7, 11) is 0. The number of hydrogen-bond donors (Lipinski definition) is 3. The second-order valence-electron chi connectivity index (χ2n) is 9.22. The molecule has 3 N–H and O–H groups in total. The molecule has 0 aliphatic carbocycles. The third-order valence-electron chi connectivity index (χ3n) is 6.38. The molecule has 0 aromatic heterocycles. The molecule has 0 fully saturated rings. The molecule has 1 aliphatic heterocycles. The van der Waals surface area contributed by atoms with Crippen LogP contribution in [0.4, 0.5) is 5.69 Å². The second-order valence-corrected chi connectivity index (χ2v) is 10.1. The first-order valence-electron chi connectivity index (χ1n) is 13.0. The molecule has 0 bridgehead atoms. The number of aliphatic hydroxyl groups is 1. The number of nitrogens with one attached hydrogen (secondary N) is 2. The molecule has 11 heteroatoms. The van der Waals surface area contributed by atoms with E-state index in [-0.39, 0.29) is 18.9 Å². The molecule has 1 heterocycles. The number of carbonyl (C=O) groups excluding carboxylic acids is 1. The van der Waals surface area contributed by atoms with E-state index in [1.807, 2.05) is 55.5 Å². The van der Waals surface area contributed by atoms with Crippen LogP contribution in [0.3, 0.4) is 0 Å². The van der Waals surface area contributed by atoms with E-state index in [2.05, 4.69) is 36.8 Å². The van der Waals surface area contributed by atoms with Gasteiger partial charge in [0.2, 0.25) is 5.90 Å². The van der Waals surface area contributed by atoms with Gasteiger partial charge in [-0.3, -0.25) is 10.2 Å². The number of ether oxygens (including phenoxy) is 2. The van der Waals surface area contributed by atoms with Crippen LogP contribution < -0.4 is 15.6 Å². The van der Waals surface area contributed by atoms with Crippen molar-refractivity contribution in [3.05, 3.63) is 104 Å². The number of hydrogen-bond acceptors (Lipinski definition) is 7. The zero-order valence-electron chi connectivity index (χ0n) is 22.1. The fraction of sp³-hybridized carbons (Fsp3) is 0.310. The minimum Gasteiger partial charge on any atom is -0.494 e. The van der Waals surface area contributed by atoms with Gasteiger partial charge >= 0.3 is 0 Å². The van der Waals surface area contributed by atoms with E-state index in [0.717, 1.165) is 16.5 Å². The standard InChI is InChI=1S/C29H31BrN6O4/c1-2-16-32-35-28(38)29(19-22-6-3-4-7-25(22)34-36-31)26(20-8-12-23(30)13-9-20)40-27(33-29)21-10-14-24(15-11-21)39-18-5-17-37/h3-4,6-15,26,32,37H,2,5,16-19H2,1H3,(H,35,38)/t26-,29-/m0/s1. The van der Waals surface area contributed by atoms with E-state index < -0.39 is 11.6 Å². The lowest BCUT2D eigenvalue weighted by Crippen LogP contribution is -2.54. The quantitative estimate of drug-likeness (QED) is 0.0754. The zero-order chi connectivity index (χ0) is 28.4. The highest BCUT2D eigenvalue weighted by Gasteiger charge is 2.53. The van der Waals surface area contributed by atoms with Crippen LogP contribution in [0.1, 0.15) is 42.6 Å². The van der Waals surface area contributed by atoms with Crippen molar-refractivity contribution in [2.24, 2.45) is 10.1 Å². The van der Waals surface area contributed by atoms with Crippen LogP contribution in [0.25, 0.3) is 10.4 Å². The molecule has 208 valence electrons. The Morgan fingerprint density at radius 2 is 1.93 bits per heavy atom. The first kappa shape index (κ1) is 29.1. The molecule has 40 heavy (non-hydrogen) atoms. The van der Waals surface area contributed by atoms with Gasteiger partial charge in [-0.05, 0) is 59.5 Å². The molecule has 3 aromatic rings. The number of amides is 1. The molecule has 0 saturated carbocycles. The highest BCUT2D eigenvalue weighted by atomic mass is 79.9. The Hall–Kier alpha value is -3.89. The highest BCUT2D eigenvalue weighted by Crippen LogP contribution is 2.43. The maximum absolute atomic E-state index is 14.0. The van der Waals surface area contributed by atoms with Gasteiger partial charge in [-0.1, -0.05) is 64.4 Å². The Balaban J connectivity index is 1.80. The molecular weight excluding hydrogens is 576 g/mol. The van der Waals surface area contributed by atoms with E-state index in [1.165, 1.54) is 0 Å². The third kappa shape index (κ3) is 6.81. The largest absolute Gasteiger partial charge is 0.494 e. The van der Waals surface area contributed by atoms with Crippen molar-refractivity contribution in [2.45, 2.75) is 37.8 Å². The van der Waals surface area contributed by atoms with Crippen molar-refractivity contribution < 1.29 is 19.4 Å². The molecule has 1 aliphatic rings. The van der Waals surface area contributed by atoms with Crippen LogP contribution in [-0.4, -0.2) is 42.2 Å². The monoisotopic (exact) mass is 606 g/mol. The van der Waals surface area contributed by atoms with Gasteiger partial charge < -0.3 is 14.6 Å². The van der Waals surface area contributed by atoms with Crippen LogP contribution in [0.5, 0.6) is 5.75 Å². The van der Waals surface area contributed by atoms with E-state index in [4.69, 9.17) is 25.1 Å². The van der Waals surface area contributed by atoms with E-state index >= 15 is 0 Å². The molecule has 0 saturated heterocycles. The lowest BCUT2D eigenvalue weighted by Gasteiger charge is -2.31. The lowest BCUT2D eigenvalue weighted by atomic mass is 9.81. The highest BCUT2D eigenvalue weighted by molar-refractivity contribution is 9.10. The van der Waals surface area contributed by atoms with Gasteiger partial charge in [0.1, 0.15) is 5.75 Å². The van der Waals surface area contributed by atoms with Gasteiger partial charge in [0, 0.05) is 46.6 Å². The molecule has 2 atom stereocenters. The lowest BCUT2D eigenvalue weighted by molar-refractivity contribution is -0.130. The summed E-state index contributed by atoms with van der Waals surface area (Å²) < 4.78 is 13.0. The average Bonchev–Trinajstić information content (AvgIpc) is 3.35. The maximum atomic E-state index is 14.0. The van der Waals surface area contributed by atoms with E-state index in [9.17, 15) is 4.79 Å².